The highest BCUT2D eigenvalue weighted by Crippen LogP contribution is 2.33. The molecule has 3 nitrogen and oxygen atoms in total. The third-order valence-electron chi connectivity index (χ3n) is 7.00. The van der Waals surface area contributed by atoms with Crippen LogP contribution in [0.4, 0.5) is 11.4 Å². The predicted molar refractivity (Wildman–Crippen MR) is 145 cm³/mol. The Hall–Kier alpha value is -3.20. The lowest BCUT2D eigenvalue weighted by Crippen LogP contribution is -2.22. The molecule has 0 amide bonds. The lowest BCUT2D eigenvalue weighted by Gasteiger charge is -2.20. The average molecular weight is 468 g/mol. The Morgan fingerprint density at radius 1 is 0.571 bits per heavy atom. The lowest BCUT2D eigenvalue weighted by atomic mass is 9.83. The number of hydrogen-bond donors (Lipinski definition) is 1. The van der Waals surface area contributed by atoms with Crippen LogP contribution in [0.3, 0.4) is 0 Å². The molecule has 0 saturated carbocycles. The number of benzene rings is 3. The molecule has 4 rings (SSSR count). The molecule has 0 aliphatic heterocycles. The second kappa shape index (κ2) is 12.5. The topological polar surface area (TPSA) is 46.2 Å². The fourth-order valence-corrected chi connectivity index (χ4v) is 4.98. The van der Waals surface area contributed by atoms with Gasteiger partial charge in [0.2, 0.25) is 0 Å². The van der Waals surface area contributed by atoms with Crippen molar-refractivity contribution >= 4 is 22.9 Å². The summed E-state index contributed by atoms with van der Waals surface area (Å²) < 4.78 is 0. The SMILES string of the molecule is CCCCCCCCCCCCc1ccc(Nc2cccc3c2C(=O)c2ccccc2C3=O)cc1. The van der Waals surface area contributed by atoms with E-state index in [0.29, 0.717) is 27.9 Å². The van der Waals surface area contributed by atoms with Crippen molar-refractivity contribution in [1.82, 2.24) is 0 Å². The molecule has 3 aromatic carbocycles. The van der Waals surface area contributed by atoms with Gasteiger partial charge in [0.1, 0.15) is 0 Å². The van der Waals surface area contributed by atoms with E-state index in [4.69, 9.17) is 0 Å². The standard InChI is InChI=1S/C32H37NO2/c1-2-3-4-5-6-7-8-9-10-11-15-24-20-22-25(23-21-24)33-29-19-14-18-28-30(29)32(35)27-17-13-12-16-26(27)31(28)34/h12-14,16-23,33H,2-11,15H2,1H3. The Morgan fingerprint density at radius 2 is 1.14 bits per heavy atom. The zero-order valence-electron chi connectivity index (χ0n) is 20.9. The van der Waals surface area contributed by atoms with Gasteiger partial charge in [-0.15, -0.1) is 0 Å². The number of anilines is 2. The van der Waals surface area contributed by atoms with Crippen molar-refractivity contribution in [2.45, 2.75) is 77.6 Å². The van der Waals surface area contributed by atoms with E-state index in [-0.39, 0.29) is 11.6 Å². The molecule has 0 heterocycles. The van der Waals surface area contributed by atoms with E-state index in [1.54, 1.807) is 30.3 Å². The Bertz CT molecular complexity index is 1150. The zero-order chi connectivity index (χ0) is 24.5. The Labute approximate surface area is 210 Å². The highest BCUT2D eigenvalue weighted by atomic mass is 16.1. The maximum Gasteiger partial charge on any atom is 0.196 e. The number of ketones is 2. The van der Waals surface area contributed by atoms with Gasteiger partial charge in [-0.25, -0.2) is 0 Å². The monoisotopic (exact) mass is 467 g/mol. The normalized spacial score (nSPS) is 12.4. The maximum absolute atomic E-state index is 13.2. The van der Waals surface area contributed by atoms with Gasteiger partial charge in [0.05, 0.1) is 11.3 Å². The van der Waals surface area contributed by atoms with Crippen molar-refractivity contribution in [2.24, 2.45) is 0 Å². The second-order valence-corrected chi connectivity index (χ2v) is 9.69. The van der Waals surface area contributed by atoms with Crippen molar-refractivity contribution in [1.29, 1.82) is 0 Å². The number of carbonyl (C=O) groups is 2. The van der Waals surface area contributed by atoms with Crippen molar-refractivity contribution in [3.05, 3.63) is 94.5 Å². The molecule has 0 spiro atoms. The van der Waals surface area contributed by atoms with Crippen LogP contribution >= 0.6 is 0 Å². The van der Waals surface area contributed by atoms with Gasteiger partial charge in [-0.2, -0.15) is 0 Å². The van der Waals surface area contributed by atoms with Gasteiger partial charge in [-0.3, -0.25) is 9.59 Å². The van der Waals surface area contributed by atoms with Gasteiger partial charge in [-0.1, -0.05) is 113 Å². The molecule has 1 aliphatic carbocycles. The molecule has 0 saturated heterocycles. The molecule has 182 valence electrons. The molecule has 35 heavy (non-hydrogen) atoms. The Morgan fingerprint density at radius 3 is 1.80 bits per heavy atom. The van der Waals surface area contributed by atoms with Gasteiger partial charge in [0.25, 0.3) is 0 Å². The predicted octanol–water partition coefficient (Wildman–Crippen LogP) is 8.67. The lowest BCUT2D eigenvalue weighted by molar-refractivity contribution is 0.0979. The quantitative estimate of drug-likeness (QED) is 0.200. The van der Waals surface area contributed by atoms with E-state index in [1.165, 1.54) is 69.8 Å². The van der Waals surface area contributed by atoms with Crippen molar-refractivity contribution in [3.63, 3.8) is 0 Å². The van der Waals surface area contributed by atoms with Crippen LogP contribution < -0.4 is 5.32 Å². The molecule has 0 aromatic heterocycles. The van der Waals surface area contributed by atoms with Crippen LogP contribution in [-0.2, 0) is 6.42 Å². The van der Waals surface area contributed by atoms with Crippen LogP contribution in [0.5, 0.6) is 0 Å². The van der Waals surface area contributed by atoms with E-state index < -0.39 is 0 Å². The highest BCUT2D eigenvalue weighted by molar-refractivity contribution is 6.30. The summed E-state index contributed by atoms with van der Waals surface area (Å²) in [7, 11) is 0. The first-order valence-corrected chi connectivity index (χ1v) is 13.4. The third kappa shape index (κ3) is 6.28. The summed E-state index contributed by atoms with van der Waals surface area (Å²) in [5.74, 6) is -0.193. The zero-order valence-corrected chi connectivity index (χ0v) is 20.9. The molecule has 0 fully saturated rings. The molecular formula is C32H37NO2. The van der Waals surface area contributed by atoms with E-state index in [0.717, 1.165) is 12.1 Å². The van der Waals surface area contributed by atoms with E-state index in [2.05, 4.69) is 36.5 Å². The van der Waals surface area contributed by atoms with Crippen LogP contribution in [0.15, 0.2) is 66.7 Å². The number of rotatable bonds is 13. The first-order chi connectivity index (χ1) is 17.2. The number of hydrogen-bond acceptors (Lipinski definition) is 3. The van der Waals surface area contributed by atoms with Crippen LogP contribution in [0.1, 0.15) is 109 Å². The second-order valence-electron chi connectivity index (χ2n) is 9.69. The minimum absolute atomic E-state index is 0.0920. The molecule has 0 unspecified atom stereocenters. The largest absolute Gasteiger partial charge is 0.355 e. The number of nitrogens with one attached hydrogen (secondary N) is 1. The van der Waals surface area contributed by atoms with E-state index in [9.17, 15) is 9.59 Å². The van der Waals surface area contributed by atoms with Gasteiger partial charge < -0.3 is 5.32 Å². The molecule has 1 aliphatic rings. The molecule has 0 radical (unpaired) electrons. The number of carbonyl (C=O) groups excluding carboxylic acids is 2. The van der Waals surface area contributed by atoms with Gasteiger partial charge >= 0.3 is 0 Å². The molecule has 0 atom stereocenters. The molecule has 3 heteroatoms. The minimum Gasteiger partial charge on any atom is -0.355 e. The number of fused-ring (bicyclic) bond motifs is 2. The van der Waals surface area contributed by atoms with Crippen LogP contribution in [0.25, 0.3) is 0 Å². The summed E-state index contributed by atoms with van der Waals surface area (Å²) in [6.45, 7) is 2.27. The minimum atomic E-state index is -0.101. The van der Waals surface area contributed by atoms with Crippen molar-refractivity contribution < 1.29 is 9.59 Å². The third-order valence-corrected chi connectivity index (χ3v) is 7.00. The Kier molecular flexibility index (Phi) is 8.89. The van der Waals surface area contributed by atoms with Crippen LogP contribution in [0.2, 0.25) is 0 Å². The van der Waals surface area contributed by atoms with Gasteiger partial charge in [0.15, 0.2) is 11.6 Å². The fraction of sp³-hybridized carbons (Fsp3) is 0.375. The fourth-order valence-electron chi connectivity index (χ4n) is 4.98. The van der Waals surface area contributed by atoms with Crippen molar-refractivity contribution in [3.8, 4) is 0 Å². The summed E-state index contributed by atoms with van der Waals surface area (Å²) in [6.07, 6.45) is 14.6. The number of unbranched alkanes of at least 4 members (excludes halogenated alkanes) is 9. The molecule has 0 bridgehead atoms. The molecular weight excluding hydrogens is 430 g/mol. The first-order valence-electron chi connectivity index (χ1n) is 13.4. The summed E-state index contributed by atoms with van der Waals surface area (Å²) in [5.41, 5.74) is 4.83. The molecule has 3 aromatic rings. The average Bonchev–Trinajstić information content (AvgIpc) is 2.89. The number of aryl methyl sites for hydroxylation is 1. The van der Waals surface area contributed by atoms with E-state index in [1.807, 2.05) is 12.1 Å². The van der Waals surface area contributed by atoms with E-state index >= 15 is 0 Å². The summed E-state index contributed by atoms with van der Waals surface area (Å²) in [6, 6.07) is 21.0. The van der Waals surface area contributed by atoms with Gasteiger partial charge in [0, 0.05) is 22.4 Å². The van der Waals surface area contributed by atoms with Gasteiger partial charge in [-0.05, 0) is 36.6 Å². The Balaban J connectivity index is 1.28. The van der Waals surface area contributed by atoms with Crippen molar-refractivity contribution in [2.75, 3.05) is 5.32 Å². The van der Waals surface area contributed by atoms with Crippen LogP contribution in [0, 0.1) is 0 Å². The highest BCUT2D eigenvalue weighted by Gasteiger charge is 2.31. The maximum atomic E-state index is 13.2. The smallest absolute Gasteiger partial charge is 0.196 e. The molecule has 1 N–H and O–H groups in total. The first kappa shape index (κ1) is 24.9. The summed E-state index contributed by atoms with van der Waals surface area (Å²) >= 11 is 0. The van der Waals surface area contributed by atoms with Crippen LogP contribution in [-0.4, -0.2) is 11.6 Å². The summed E-state index contributed by atoms with van der Waals surface area (Å²) in [4.78, 5) is 26.2. The summed E-state index contributed by atoms with van der Waals surface area (Å²) in [5, 5.41) is 3.38.